The van der Waals surface area contributed by atoms with E-state index in [-0.39, 0.29) is 12.4 Å². The van der Waals surface area contributed by atoms with Crippen molar-refractivity contribution >= 4 is 5.97 Å². The molecule has 0 aromatic carbocycles. The van der Waals surface area contributed by atoms with Crippen LogP contribution < -0.4 is 11.1 Å². The maximum absolute atomic E-state index is 10.6. The van der Waals surface area contributed by atoms with Crippen molar-refractivity contribution in [3.63, 3.8) is 0 Å². The molecule has 0 aromatic heterocycles. The Balaban J connectivity index is 3.76. The first-order valence-corrected chi connectivity index (χ1v) is 2.90. The molecule has 0 aliphatic heterocycles. The van der Waals surface area contributed by atoms with Crippen molar-refractivity contribution in [2.24, 2.45) is 5.73 Å². The third kappa shape index (κ3) is 2.96. The van der Waals surface area contributed by atoms with E-state index in [0.29, 0.717) is 5.70 Å². The highest BCUT2D eigenvalue weighted by molar-refractivity contribution is 5.71. The standard InChI is InChI=1S/C6H12N2O2/c1-8-5(4-7)3-6(9)10-2/h4,8H,3,7H2,1-2H3/b5-4-. The Morgan fingerprint density at radius 1 is 1.80 bits per heavy atom. The molecule has 0 saturated heterocycles. The number of nitrogens with two attached hydrogens (primary N) is 1. The van der Waals surface area contributed by atoms with Crippen LogP contribution in [0.25, 0.3) is 0 Å². The Hall–Kier alpha value is -1.19. The largest absolute Gasteiger partial charge is 0.469 e. The van der Waals surface area contributed by atoms with Gasteiger partial charge in [-0.1, -0.05) is 0 Å². The van der Waals surface area contributed by atoms with Crippen LogP contribution in [0.5, 0.6) is 0 Å². The molecule has 10 heavy (non-hydrogen) atoms. The Morgan fingerprint density at radius 2 is 2.40 bits per heavy atom. The van der Waals surface area contributed by atoms with Gasteiger partial charge in [-0.3, -0.25) is 4.79 Å². The molecule has 0 aliphatic rings. The average molecular weight is 144 g/mol. The predicted molar refractivity (Wildman–Crippen MR) is 38.0 cm³/mol. The van der Waals surface area contributed by atoms with Crippen LogP contribution in [-0.2, 0) is 9.53 Å². The van der Waals surface area contributed by atoms with E-state index in [1.54, 1.807) is 7.05 Å². The minimum atomic E-state index is -0.300. The molecule has 0 amide bonds. The molecule has 0 bridgehead atoms. The zero-order valence-electron chi connectivity index (χ0n) is 6.18. The highest BCUT2D eigenvalue weighted by Gasteiger charge is 2.01. The number of esters is 1. The first-order valence-electron chi connectivity index (χ1n) is 2.90. The van der Waals surface area contributed by atoms with Crippen molar-refractivity contribution in [3.05, 3.63) is 11.9 Å². The molecule has 0 unspecified atom stereocenters. The van der Waals surface area contributed by atoms with E-state index >= 15 is 0 Å². The van der Waals surface area contributed by atoms with Gasteiger partial charge in [0, 0.05) is 18.9 Å². The number of rotatable bonds is 3. The molecule has 0 saturated carbocycles. The van der Waals surface area contributed by atoms with E-state index in [2.05, 4.69) is 10.1 Å². The second-order valence-electron chi connectivity index (χ2n) is 1.69. The average Bonchev–Trinajstić information content (AvgIpc) is 1.99. The lowest BCUT2D eigenvalue weighted by Gasteiger charge is -2.02. The Kier molecular flexibility index (Phi) is 4.11. The summed E-state index contributed by atoms with van der Waals surface area (Å²) in [5, 5.41) is 2.75. The van der Waals surface area contributed by atoms with Crippen LogP contribution in [-0.4, -0.2) is 20.1 Å². The van der Waals surface area contributed by atoms with Gasteiger partial charge in [-0.15, -0.1) is 0 Å². The van der Waals surface area contributed by atoms with E-state index in [0.717, 1.165) is 0 Å². The van der Waals surface area contributed by atoms with E-state index in [4.69, 9.17) is 5.73 Å². The summed E-state index contributed by atoms with van der Waals surface area (Å²) in [5.41, 5.74) is 5.81. The van der Waals surface area contributed by atoms with E-state index in [1.807, 2.05) is 0 Å². The summed E-state index contributed by atoms with van der Waals surface area (Å²) in [7, 11) is 3.04. The summed E-state index contributed by atoms with van der Waals surface area (Å²) in [6, 6.07) is 0. The predicted octanol–water partition coefficient (Wildman–Crippen LogP) is -0.431. The lowest BCUT2D eigenvalue weighted by molar-refractivity contribution is -0.139. The maximum Gasteiger partial charge on any atom is 0.311 e. The Bertz CT molecular complexity index is 143. The van der Waals surface area contributed by atoms with Crippen LogP contribution in [0, 0.1) is 0 Å². The summed E-state index contributed by atoms with van der Waals surface area (Å²) in [5.74, 6) is -0.300. The molecule has 4 nitrogen and oxygen atoms in total. The van der Waals surface area contributed by atoms with Crippen molar-refractivity contribution in [2.45, 2.75) is 6.42 Å². The second kappa shape index (κ2) is 4.67. The topological polar surface area (TPSA) is 64.3 Å². The van der Waals surface area contributed by atoms with Crippen molar-refractivity contribution in [1.29, 1.82) is 0 Å². The van der Waals surface area contributed by atoms with Crippen LogP contribution in [0.2, 0.25) is 0 Å². The number of ether oxygens (including phenoxy) is 1. The van der Waals surface area contributed by atoms with Crippen LogP contribution >= 0.6 is 0 Å². The quantitative estimate of drug-likeness (QED) is 0.527. The SMILES string of the molecule is CN/C(=C\N)CC(=O)OC. The number of hydrogen-bond donors (Lipinski definition) is 2. The molecule has 0 aliphatic carbocycles. The summed E-state index contributed by atoms with van der Waals surface area (Å²) >= 11 is 0. The zero-order valence-corrected chi connectivity index (χ0v) is 6.18. The van der Waals surface area contributed by atoms with Crippen LogP contribution in [0.1, 0.15) is 6.42 Å². The van der Waals surface area contributed by atoms with Crippen molar-refractivity contribution in [1.82, 2.24) is 5.32 Å². The highest BCUT2D eigenvalue weighted by atomic mass is 16.5. The number of methoxy groups -OCH3 is 1. The molecule has 0 fully saturated rings. The van der Waals surface area contributed by atoms with Crippen molar-refractivity contribution in [3.8, 4) is 0 Å². The molecule has 4 heteroatoms. The lowest BCUT2D eigenvalue weighted by Crippen LogP contribution is -2.13. The molecule has 0 rings (SSSR count). The Labute approximate surface area is 60.0 Å². The molecule has 0 heterocycles. The smallest absolute Gasteiger partial charge is 0.311 e. The van der Waals surface area contributed by atoms with Gasteiger partial charge in [0.2, 0.25) is 0 Å². The van der Waals surface area contributed by atoms with E-state index in [9.17, 15) is 4.79 Å². The van der Waals surface area contributed by atoms with Crippen LogP contribution in [0.4, 0.5) is 0 Å². The van der Waals surface area contributed by atoms with Gasteiger partial charge in [0.05, 0.1) is 13.5 Å². The first-order chi connectivity index (χ1) is 4.74. The van der Waals surface area contributed by atoms with E-state index < -0.39 is 0 Å². The van der Waals surface area contributed by atoms with Crippen LogP contribution in [0.15, 0.2) is 11.9 Å². The number of carbonyl (C=O) groups is 1. The lowest BCUT2D eigenvalue weighted by atomic mass is 10.3. The fourth-order valence-electron chi connectivity index (χ4n) is 0.458. The molecular formula is C6H12N2O2. The minimum Gasteiger partial charge on any atom is -0.469 e. The first kappa shape index (κ1) is 8.81. The third-order valence-electron chi connectivity index (χ3n) is 1.08. The van der Waals surface area contributed by atoms with Crippen molar-refractivity contribution in [2.75, 3.05) is 14.2 Å². The van der Waals surface area contributed by atoms with Gasteiger partial charge in [0.1, 0.15) is 0 Å². The number of nitrogens with one attached hydrogen (secondary N) is 1. The normalized spacial score (nSPS) is 10.8. The zero-order chi connectivity index (χ0) is 7.98. The number of carbonyl (C=O) groups excluding carboxylic acids is 1. The van der Waals surface area contributed by atoms with Gasteiger partial charge < -0.3 is 15.8 Å². The van der Waals surface area contributed by atoms with Gasteiger partial charge in [-0.25, -0.2) is 0 Å². The maximum atomic E-state index is 10.6. The van der Waals surface area contributed by atoms with E-state index in [1.165, 1.54) is 13.3 Å². The summed E-state index contributed by atoms with van der Waals surface area (Å²) in [6.45, 7) is 0. The third-order valence-corrected chi connectivity index (χ3v) is 1.08. The molecular weight excluding hydrogens is 132 g/mol. The Morgan fingerprint density at radius 3 is 2.70 bits per heavy atom. The van der Waals surface area contributed by atoms with Gasteiger partial charge >= 0.3 is 5.97 Å². The molecule has 3 N–H and O–H groups in total. The second-order valence-corrected chi connectivity index (χ2v) is 1.69. The molecule has 0 atom stereocenters. The monoisotopic (exact) mass is 144 g/mol. The molecule has 58 valence electrons. The fourth-order valence-corrected chi connectivity index (χ4v) is 0.458. The molecule has 0 radical (unpaired) electrons. The van der Waals surface area contributed by atoms with Gasteiger partial charge in [0.25, 0.3) is 0 Å². The fraction of sp³-hybridized carbons (Fsp3) is 0.500. The van der Waals surface area contributed by atoms with Gasteiger partial charge in [0.15, 0.2) is 0 Å². The molecule has 0 spiro atoms. The van der Waals surface area contributed by atoms with Crippen molar-refractivity contribution < 1.29 is 9.53 Å². The van der Waals surface area contributed by atoms with Gasteiger partial charge in [-0.2, -0.15) is 0 Å². The summed E-state index contributed by atoms with van der Waals surface area (Å²) in [4.78, 5) is 10.6. The summed E-state index contributed by atoms with van der Waals surface area (Å²) in [6.07, 6.45) is 1.54. The molecule has 0 aromatic rings. The summed E-state index contributed by atoms with van der Waals surface area (Å²) < 4.78 is 4.41. The van der Waals surface area contributed by atoms with Crippen LogP contribution in [0.3, 0.4) is 0 Å². The van der Waals surface area contributed by atoms with Gasteiger partial charge in [-0.05, 0) is 0 Å². The minimum absolute atomic E-state index is 0.198. The highest BCUT2D eigenvalue weighted by Crippen LogP contribution is 1.94. The number of hydrogen-bond acceptors (Lipinski definition) is 4.